The Morgan fingerprint density at radius 3 is 2.38 bits per heavy atom. The van der Waals surface area contributed by atoms with Crippen LogP contribution in [0.3, 0.4) is 0 Å². The zero-order valence-electron chi connectivity index (χ0n) is 30.7. The van der Waals surface area contributed by atoms with Gasteiger partial charge in [0.05, 0.1) is 18.2 Å². The van der Waals surface area contributed by atoms with Gasteiger partial charge < -0.3 is 19.8 Å². The highest BCUT2D eigenvalue weighted by Gasteiger charge is 2.74. The summed E-state index contributed by atoms with van der Waals surface area (Å²) >= 11 is 1.67. The molecule has 3 aromatic carbocycles. The van der Waals surface area contributed by atoms with Gasteiger partial charge in [-0.2, -0.15) is 0 Å². The van der Waals surface area contributed by atoms with E-state index >= 15 is 0 Å². The predicted molar refractivity (Wildman–Crippen MR) is 209 cm³/mol. The van der Waals surface area contributed by atoms with E-state index in [-0.39, 0.29) is 35.0 Å². The maximum absolute atomic E-state index is 14.8. The Hall–Kier alpha value is -4.04. The van der Waals surface area contributed by atoms with E-state index in [4.69, 9.17) is 4.74 Å². The Morgan fingerprint density at radius 2 is 1.58 bits per heavy atom. The van der Waals surface area contributed by atoms with E-state index in [9.17, 15) is 19.8 Å². The molecule has 10 rings (SSSR count). The molecule has 2 N–H and O–H groups in total. The van der Waals surface area contributed by atoms with E-state index < -0.39 is 28.6 Å². The number of Topliss-reactive ketones (excluding diaryl/α,β-unsaturated/α-hetero) is 1. The molecule has 0 radical (unpaired) electrons. The van der Waals surface area contributed by atoms with Crippen LogP contribution in [0.5, 0.6) is 5.75 Å². The van der Waals surface area contributed by atoms with Crippen molar-refractivity contribution in [3.05, 3.63) is 125 Å². The van der Waals surface area contributed by atoms with Gasteiger partial charge in [-0.1, -0.05) is 98.8 Å². The molecular formula is C46H49NO5S. The molecule has 1 unspecified atom stereocenters. The quantitative estimate of drug-likeness (QED) is 0.140. The number of ether oxygens (including phenoxy) is 1. The summed E-state index contributed by atoms with van der Waals surface area (Å²) in [6.07, 6.45) is 12.0. The molecule has 1 heterocycles. The van der Waals surface area contributed by atoms with Gasteiger partial charge in [-0.15, -0.1) is 11.3 Å². The number of thiophene rings is 1. The summed E-state index contributed by atoms with van der Waals surface area (Å²) in [5.74, 6) is 0.729. The zero-order chi connectivity index (χ0) is 36.6. The first-order valence-corrected chi connectivity index (χ1v) is 20.3. The van der Waals surface area contributed by atoms with Crippen molar-refractivity contribution in [1.29, 1.82) is 0 Å². The van der Waals surface area contributed by atoms with Crippen LogP contribution in [0.1, 0.15) is 74.0 Å². The summed E-state index contributed by atoms with van der Waals surface area (Å²) in [4.78, 5) is 31.9. The van der Waals surface area contributed by atoms with E-state index in [1.165, 1.54) is 4.88 Å². The van der Waals surface area contributed by atoms with Gasteiger partial charge in [0.1, 0.15) is 5.75 Å². The van der Waals surface area contributed by atoms with Gasteiger partial charge in [0, 0.05) is 38.8 Å². The van der Waals surface area contributed by atoms with Crippen molar-refractivity contribution in [2.24, 2.45) is 33.5 Å². The van der Waals surface area contributed by atoms with Crippen LogP contribution in [-0.4, -0.2) is 51.8 Å². The monoisotopic (exact) mass is 727 g/mol. The number of fused-ring (bicyclic) bond motifs is 2. The number of amides is 1. The average molecular weight is 728 g/mol. The molecule has 6 nitrogen and oxygen atoms in total. The Balaban J connectivity index is 1.08. The van der Waals surface area contributed by atoms with Crippen LogP contribution in [-0.2, 0) is 6.42 Å². The Kier molecular flexibility index (Phi) is 8.19. The first kappa shape index (κ1) is 34.7. The Morgan fingerprint density at radius 1 is 0.849 bits per heavy atom. The number of hydrogen-bond acceptors (Lipinski definition) is 6. The van der Waals surface area contributed by atoms with Gasteiger partial charge in [0.25, 0.3) is 0 Å². The molecule has 2 spiro atoms. The summed E-state index contributed by atoms with van der Waals surface area (Å²) in [6, 6.07) is 27.4. The normalized spacial score (nSPS) is 35.2. The third-order valence-electron chi connectivity index (χ3n) is 14.8. The van der Waals surface area contributed by atoms with E-state index in [1.54, 1.807) is 16.2 Å². The van der Waals surface area contributed by atoms with Crippen molar-refractivity contribution >= 4 is 34.0 Å². The minimum Gasteiger partial charge on any atom is -0.410 e. The lowest BCUT2D eigenvalue weighted by Gasteiger charge is -2.71. The molecular weight excluding hydrogens is 679 g/mol. The van der Waals surface area contributed by atoms with Crippen LogP contribution in [0, 0.1) is 33.5 Å². The number of rotatable bonds is 8. The third kappa shape index (κ3) is 5.17. The van der Waals surface area contributed by atoms with E-state index in [0.717, 1.165) is 48.4 Å². The fraction of sp³-hybridized carbons (Fsp3) is 0.435. The zero-order valence-corrected chi connectivity index (χ0v) is 31.5. The summed E-state index contributed by atoms with van der Waals surface area (Å²) < 4.78 is 6.08. The number of carbonyl (C=O) groups excluding carboxylic acids is 2. The number of allylic oxidation sites excluding steroid dienone is 4. The molecule has 3 fully saturated rings. The van der Waals surface area contributed by atoms with Crippen LogP contribution in [0.15, 0.2) is 114 Å². The highest BCUT2D eigenvalue weighted by atomic mass is 32.1. The summed E-state index contributed by atoms with van der Waals surface area (Å²) in [6.45, 7) is 5.20. The highest BCUT2D eigenvalue weighted by Crippen LogP contribution is 2.78. The van der Waals surface area contributed by atoms with Crippen LogP contribution in [0.2, 0.25) is 0 Å². The van der Waals surface area contributed by atoms with Crippen molar-refractivity contribution in [3.63, 3.8) is 0 Å². The fourth-order valence-electron chi connectivity index (χ4n) is 12.0. The maximum Gasteiger partial charge on any atom is 0.415 e. The molecule has 53 heavy (non-hydrogen) atoms. The maximum atomic E-state index is 14.8. The third-order valence-corrected chi connectivity index (χ3v) is 15.8. The van der Waals surface area contributed by atoms with Crippen LogP contribution in [0.4, 0.5) is 4.79 Å². The van der Waals surface area contributed by atoms with E-state index in [1.807, 2.05) is 84.2 Å². The lowest BCUT2D eigenvalue weighted by Crippen LogP contribution is -2.67. The molecule has 7 heteroatoms. The van der Waals surface area contributed by atoms with Crippen molar-refractivity contribution in [2.75, 3.05) is 13.1 Å². The molecule has 6 aliphatic carbocycles. The van der Waals surface area contributed by atoms with Gasteiger partial charge in [0.15, 0.2) is 5.78 Å². The molecule has 8 atom stereocenters. The minimum absolute atomic E-state index is 0.00783. The van der Waals surface area contributed by atoms with E-state index in [2.05, 4.69) is 38.1 Å². The smallest absolute Gasteiger partial charge is 0.410 e. The highest BCUT2D eigenvalue weighted by molar-refractivity contribution is 7.09. The second-order valence-corrected chi connectivity index (χ2v) is 18.2. The van der Waals surface area contributed by atoms with Gasteiger partial charge >= 0.3 is 6.09 Å². The molecule has 6 aliphatic rings. The minimum atomic E-state index is -1.19. The second kappa shape index (κ2) is 12.5. The number of hydrogen-bond donors (Lipinski definition) is 2. The van der Waals surface area contributed by atoms with Crippen LogP contribution < -0.4 is 4.74 Å². The molecule has 4 aromatic rings. The molecule has 1 amide bonds. The molecule has 2 bridgehead atoms. The van der Waals surface area contributed by atoms with E-state index in [0.29, 0.717) is 37.1 Å². The number of aliphatic hydroxyl groups is 2. The van der Waals surface area contributed by atoms with Crippen molar-refractivity contribution in [3.8, 4) is 5.75 Å². The Labute approximate surface area is 316 Å². The van der Waals surface area contributed by atoms with Crippen molar-refractivity contribution in [1.82, 2.24) is 4.90 Å². The van der Waals surface area contributed by atoms with Gasteiger partial charge in [0.2, 0.25) is 0 Å². The topological polar surface area (TPSA) is 87.1 Å². The standard InChI is InChI=1S/C46H49NO5S/c1-42-20-16-34(48)28-44(42)23-24-46(37(29-44)40(49)32-10-4-3-5-11-32)38(42)17-21-43(2)39(46)18-22-45(43,51)30-47(25-19-36-13-8-26-53-36)41(50)52-35-15-14-31-9-6-7-12-33(31)27-35/h3-15,23-24,26-27,29,34,38-39,48,51H,16-22,25,28,30H2,1-2H3/t34?,38-,39-,42-,43+,44+,45-,46-/m1/s1. The molecule has 0 saturated heterocycles. The molecule has 3 saturated carbocycles. The summed E-state index contributed by atoms with van der Waals surface area (Å²) in [5.41, 5.74) is -1.30. The van der Waals surface area contributed by atoms with Crippen LogP contribution in [0.25, 0.3) is 10.8 Å². The number of ketones is 1. The number of benzene rings is 3. The van der Waals surface area contributed by atoms with Crippen molar-refractivity contribution < 1.29 is 24.5 Å². The predicted octanol–water partition coefficient (Wildman–Crippen LogP) is 9.42. The number of aliphatic hydroxyl groups excluding tert-OH is 1. The lowest BCUT2D eigenvalue weighted by molar-refractivity contribution is -0.175. The van der Waals surface area contributed by atoms with Gasteiger partial charge in [-0.3, -0.25) is 4.79 Å². The number of carbonyl (C=O) groups is 2. The first-order chi connectivity index (χ1) is 25.5. The fourth-order valence-corrected chi connectivity index (χ4v) is 12.7. The first-order valence-electron chi connectivity index (χ1n) is 19.4. The summed E-state index contributed by atoms with van der Waals surface area (Å²) in [7, 11) is 0. The van der Waals surface area contributed by atoms with Crippen LogP contribution >= 0.6 is 11.3 Å². The Bertz CT molecular complexity index is 2130. The van der Waals surface area contributed by atoms with Crippen molar-refractivity contribution in [2.45, 2.75) is 76.9 Å². The molecule has 274 valence electrons. The SMILES string of the molecule is C[C@]12CC[C@H]3[C@]4(C=C[C@@]5(C=C4C(=O)c4ccccc4)CC(O)CC[C@]35C)[C@@H]1CC[C@@]2(O)CN(CCc1cccs1)C(=O)Oc1ccc2ccccc2c1. The van der Waals surface area contributed by atoms with Gasteiger partial charge in [-0.05, 0) is 103 Å². The summed E-state index contributed by atoms with van der Waals surface area (Å²) in [5, 5.41) is 28.2. The number of nitrogens with zero attached hydrogens (tertiary/aromatic N) is 1. The van der Waals surface area contributed by atoms with Gasteiger partial charge in [-0.25, -0.2) is 4.79 Å². The average Bonchev–Trinajstić information content (AvgIpc) is 3.78. The second-order valence-electron chi connectivity index (χ2n) is 17.1. The molecule has 0 aliphatic heterocycles. The lowest BCUT2D eigenvalue weighted by atomic mass is 9.32. The largest absolute Gasteiger partial charge is 0.415 e. The molecule has 1 aromatic heterocycles.